The van der Waals surface area contributed by atoms with Crippen molar-refractivity contribution < 1.29 is 23.8 Å². The summed E-state index contributed by atoms with van der Waals surface area (Å²) in [5.41, 5.74) is 1.64. The van der Waals surface area contributed by atoms with Crippen molar-refractivity contribution in [3.63, 3.8) is 0 Å². The number of para-hydroxylation sites is 1. The Hall–Kier alpha value is -3.41. The van der Waals surface area contributed by atoms with Crippen LogP contribution in [-0.2, 0) is 14.3 Å². The van der Waals surface area contributed by atoms with Crippen molar-refractivity contribution in [2.45, 2.75) is 49.9 Å². The van der Waals surface area contributed by atoms with Crippen LogP contribution in [0.4, 0.5) is 0 Å². The Labute approximate surface area is 218 Å². The van der Waals surface area contributed by atoms with Gasteiger partial charge >= 0.3 is 0 Å². The predicted molar refractivity (Wildman–Crippen MR) is 138 cm³/mol. The molecule has 2 aliphatic heterocycles. The summed E-state index contributed by atoms with van der Waals surface area (Å²) in [7, 11) is 5.20. The molecule has 2 aromatic rings. The Morgan fingerprint density at radius 3 is 2.49 bits per heavy atom. The van der Waals surface area contributed by atoms with E-state index in [4.69, 9.17) is 14.2 Å². The number of likely N-dealkylation sites (N-methyl/N-ethyl adjacent to an activating group) is 2. The summed E-state index contributed by atoms with van der Waals surface area (Å²) in [6.07, 6.45) is 2.07. The number of methoxy groups -OCH3 is 1. The molecule has 1 saturated heterocycles. The van der Waals surface area contributed by atoms with Gasteiger partial charge in [0.15, 0.2) is 0 Å². The molecule has 2 bridgehead atoms. The molecule has 2 amide bonds. The fourth-order valence-electron chi connectivity index (χ4n) is 5.19. The van der Waals surface area contributed by atoms with Gasteiger partial charge in [0.2, 0.25) is 5.91 Å². The highest BCUT2D eigenvalue weighted by Crippen LogP contribution is 2.30. The minimum atomic E-state index is -0.252. The molecule has 8 heteroatoms. The lowest BCUT2D eigenvalue weighted by molar-refractivity contribution is -0.150. The Morgan fingerprint density at radius 2 is 1.76 bits per heavy atom. The second-order valence-corrected chi connectivity index (χ2v) is 9.85. The lowest BCUT2D eigenvalue weighted by Crippen LogP contribution is -2.48. The Balaban J connectivity index is 1.69. The number of nitriles is 1. The molecule has 196 valence electrons. The van der Waals surface area contributed by atoms with Crippen LogP contribution in [-0.4, -0.2) is 80.8 Å². The molecule has 8 nitrogen and oxygen atoms in total. The third kappa shape index (κ3) is 6.30. The van der Waals surface area contributed by atoms with Gasteiger partial charge in [0.1, 0.15) is 17.9 Å². The van der Waals surface area contributed by atoms with Crippen molar-refractivity contribution in [1.29, 1.82) is 5.26 Å². The molecule has 4 atom stereocenters. The van der Waals surface area contributed by atoms with E-state index in [1.165, 1.54) is 0 Å². The molecule has 0 aromatic heterocycles. The maximum Gasteiger partial charge on any atom is 0.257 e. The van der Waals surface area contributed by atoms with E-state index in [9.17, 15) is 14.9 Å². The van der Waals surface area contributed by atoms with Gasteiger partial charge in [0, 0.05) is 53.1 Å². The molecule has 4 rings (SSSR count). The minimum Gasteiger partial charge on any atom is -0.491 e. The third-order valence-electron chi connectivity index (χ3n) is 7.32. The van der Waals surface area contributed by atoms with E-state index in [-0.39, 0.29) is 42.5 Å². The lowest BCUT2D eigenvalue weighted by atomic mass is 9.93. The van der Waals surface area contributed by atoms with E-state index in [2.05, 4.69) is 6.07 Å². The number of hydrogen-bond donors (Lipinski definition) is 0. The molecule has 2 aliphatic rings. The van der Waals surface area contributed by atoms with Crippen LogP contribution in [0.2, 0.25) is 0 Å². The maximum atomic E-state index is 13.6. The fourth-order valence-corrected chi connectivity index (χ4v) is 5.19. The van der Waals surface area contributed by atoms with Crippen LogP contribution >= 0.6 is 0 Å². The van der Waals surface area contributed by atoms with Crippen molar-refractivity contribution in [1.82, 2.24) is 9.80 Å². The van der Waals surface area contributed by atoms with Crippen molar-refractivity contribution in [2.75, 3.05) is 40.9 Å². The summed E-state index contributed by atoms with van der Waals surface area (Å²) in [4.78, 5) is 30.3. The lowest BCUT2D eigenvalue weighted by Gasteiger charge is -2.38. The van der Waals surface area contributed by atoms with E-state index in [0.29, 0.717) is 43.0 Å². The van der Waals surface area contributed by atoms with Gasteiger partial charge < -0.3 is 24.0 Å². The van der Waals surface area contributed by atoms with Crippen LogP contribution in [0, 0.1) is 11.3 Å². The van der Waals surface area contributed by atoms with Crippen LogP contribution in [0.15, 0.2) is 48.5 Å². The van der Waals surface area contributed by atoms with Crippen LogP contribution in [0.3, 0.4) is 0 Å². The fraction of sp³-hybridized carbons (Fsp3) is 0.483. The number of rotatable bonds is 2. The van der Waals surface area contributed by atoms with E-state index in [1.807, 2.05) is 30.3 Å². The number of amides is 2. The monoisotopic (exact) mass is 505 g/mol. The van der Waals surface area contributed by atoms with Crippen LogP contribution in [0.25, 0.3) is 0 Å². The second-order valence-electron chi connectivity index (χ2n) is 9.85. The first-order valence-corrected chi connectivity index (χ1v) is 12.8. The van der Waals surface area contributed by atoms with Gasteiger partial charge in [-0.25, -0.2) is 0 Å². The predicted octanol–water partition coefficient (Wildman–Crippen LogP) is 3.61. The van der Waals surface area contributed by atoms with E-state index < -0.39 is 0 Å². The maximum absolute atomic E-state index is 13.6. The standard InChI is InChI=1S/C29H35N3O5/c1-31-19-26-25(35-3)13-12-23(37-26)14-15-36-28-21(17-30)10-7-11-24(28)29(34)32(2)18-22(16-27(31)33)20-8-5-4-6-9-20/h4-11,22-23,25-26H,12-16,18-19H2,1-3H3/t22-,23-,25+,26-/m1/s1. The molecule has 1 fully saturated rings. The number of fused-ring (bicyclic) bond motifs is 3. The van der Waals surface area contributed by atoms with Crippen molar-refractivity contribution in [3.05, 3.63) is 65.2 Å². The number of ether oxygens (including phenoxy) is 3. The van der Waals surface area contributed by atoms with Crippen molar-refractivity contribution >= 4 is 11.8 Å². The largest absolute Gasteiger partial charge is 0.491 e. The summed E-state index contributed by atoms with van der Waals surface area (Å²) in [5, 5.41) is 9.69. The zero-order valence-corrected chi connectivity index (χ0v) is 21.8. The molecule has 0 saturated carbocycles. The first-order chi connectivity index (χ1) is 17.9. The first-order valence-electron chi connectivity index (χ1n) is 12.8. The summed E-state index contributed by atoms with van der Waals surface area (Å²) < 4.78 is 18.1. The van der Waals surface area contributed by atoms with E-state index >= 15 is 0 Å². The highest BCUT2D eigenvalue weighted by molar-refractivity contribution is 5.97. The smallest absolute Gasteiger partial charge is 0.257 e. The van der Waals surface area contributed by atoms with Crippen LogP contribution in [0.5, 0.6) is 5.75 Å². The quantitative estimate of drug-likeness (QED) is 0.619. The molecule has 0 spiro atoms. The second kappa shape index (κ2) is 12.2. The van der Waals surface area contributed by atoms with Crippen LogP contribution in [0.1, 0.15) is 53.1 Å². The molecule has 2 aromatic carbocycles. The van der Waals surface area contributed by atoms with E-state index in [1.54, 1.807) is 49.2 Å². The average Bonchev–Trinajstić information content (AvgIpc) is 2.92. The van der Waals surface area contributed by atoms with Crippen molar-refractivity contribution in [3.8, 4) is 11.8 Å². The van der Waals surface area contributed by atoms with Gasteiger partial charge in [-0.1, -0.05) is 36.4 Å². The number of hydrogen-bond acceptors (Lipinski definition) is 6. The van der Waals surface area contributed by atoms with Gasteiger partial charge in [-0.3, -0.25) is 9.59 Å². The molecule has 0 N–H and O–H groups in total. The molecular weight excluding hydrogens is 470 g/mol. The highest BCUT2D eigenvalue weighted by atomic mass is 16.5. The molecule has 2 heterocycles. The number of benzene rings is 2. The zero-order valence-electron chi connectivity index (χ0n) is 21.8. The molecule has 0 aliphatic carbocycles. The normalized spacial score (nSPS) is 25.7. The summed E-state index contributed by atoms with van der Waals surface area (Å²) in [5.74, 6) is -0.182. The summed E-state index contributed by atoms with van der Waals surface area (Å²) in [6, 6.07) is 17.0. The van der Waals surface area contributed by atoms with E-state index in [0.717, 1.165) is 18.4 Å². The van der Waals surface area contributed by atoms with Gasteiger partial charge in [-0.15, -0.1) is 0 Å². The Kier molecular flexibility index (Phi) is 8.80. The summed E-state index contributed by atoms with van der Waals surface area (Å²) in [6.45, 7) is 1.06. The number of carbonyl (C=O) groups excluding carboxylic acids is 2. The average molecular weight is 506 g/mol. The topological polar surface area (TPSA) is 92.1 Å². The third-order valence-corrected chi connectivity index (χ3v) is 7.32. The van der Waals surface area contributed by atoms with Crippen molar-refractivity contribution in [2.24, 2.45) is 0 Å². The zero-order chi connectivity index (χ0) is 26.4. The van der Waals surface area contributed by atoms with Gasteiger partial charge in [-0.05, 0) is 30.5 Å². The summed E-state index contributed by atoms with van der Waals surface area (Å²) >= 11 is 0. The molecule has 0 unspecified atom stereocenters. The number of carbonyl (C=O) groups is 2. The van der Waals surface area contributed by atoms with Gasteiger partial charge in [0.05, 0.1) is 29.9 Å². The molecule has 0 radical (unpaired) electrons. The molecule has 37 heavy (non-hydrogen) atoms. The Bertz CT molecular complexity index is 1130. The van der Waals surface area contributed by atoms with Gasteiger partial charge in [0.25, 0.3) is 5.91 Å². The van der Waals surface area contributed by atoms with Crippen LogP contribution < -0.4 is 4.74 Å². The minimum absolute atomic E-state index is 0.0159. The molecular formula is C29H35N3O5. The highest BCUT2D eigenvalue weighted by Gasteiger charge is 2.34. The first kappa shape index (κ1) is 26.6. The Morgan fingerprint density at radius 1 is 0.973 bits per heavy atom. The number of nitrogens with zero attached hydrogens (tertiary/aromatic N) is 3. The van der Waals surface area contributed by atoms with Gasteiger partial charge in [-0.2, -0.15) is 5.26 Å². The SMILES string of the molecule is CO[C@H]1CC[C@@H]2CCOc3c(C#N)cccc3C(=O)N(C)C[C@H](c3ccccc3)CC(=O)N(C)C[C@H]1O2.